The van der Waals surface area contributed by atoms with Gasteiger partial charge < -0.3 is 9.14 Å². The van der Waals surface area contributed by atoms with E-state index in [1.165, 1.54) is 18.4 Å². The molecule has 3 aromatic heterocycles. The highest BCUT2D eigenvalue weighted by Crippen LogP contribution is 2.28. The number of methoxy groups -OCH3 is 1. The maximum atomic E-state index is 12.9. The molecule has 0 aliphatic carbocycles. The SMILES string of the molecule is COC(=O)CCc1c(C)c(C(=O)c2cccs2)c2ccccn12. The van der Waals surface area contributed by atoms with Crippen LogP contribution in [0.2, 0.25) is 0 Å². The number of nitrogens with zero attached hydrogens (tertiary/aromatic N) is 1. The number of ether oxygens (including phenoxy) is 1. The van der Waals surface area contributed by atoms with E-state index >= 15 is 0 Å². The van der Waals surface area contributed by atoms with Crippen LogP contribution < -0.4 is 0 Å². The first kappa shape index (κ1) is 15.5. The van der Waals surface area contributed by atoms with E-state index < -0.39 is 0 Å². The monoisotopic (exact) mass is 327 g/mol. The van der Waals surface area contributed by atoms with Crippen LogP contribution in [0.4, 0.5) is 0 Å². The molecule has 0 atom stereocenters. The Morgan fingerprint density at radius 3 is 2.74 bits per heavy atom. The minimum atomic E-state index is -0.249. The van der Waals surface area contributed by atoms with E-state index in [2.05, 4.69) is 0 Å². The maximum absolute atomic E-state index is 12.9. The Kier molecular flexibility index (Phi) is 4.30. The Bertz CT molecular complexity index is 862. The fourth-order valence-corrected chi connectivity index (χ4v) is 3.52. The van der Waals surface area contributed by atoms with Crippen molar-refractivity contribution in [2.45, 2.75) is 19.8 Å². The van der Waals surface area contributed by atoms with Gasteiger partial charge in [-0.3, -0.25) is 9.59 Å². The number of aryl methyl sites for hydroxylation is 1. The van der Waals surface area contributed by atoms with Crippen LogP contribution in [0, 0.1) is 6.92 Å². The lowest BCUT2D eigenvalue weighted by atomic mass is 10.0. The number of carbonyl (C=O) groups is 2. The van der Waals surface area contributed by atoms with Gasteiger partial charge in [0.1, 0.15) is 0 Å². The van der Waals surface area contributed by atoms with E-state index in [1.807, 2.05) is 53.2 Å². The van der Waals surface area contributed by atoms with Gasteiger partial charge in [-0.25, -0.2) is 0 Å². The van der Waals surface area contributed by atoms with E-state index in [0.29, 0.717) is 18.4 Å². The van der Waals surface area contributed by atoms with E-state index in [9.17, 15) is 9.59 Å². The van der Waals surface area contributed by atoms with E-state index in [4.69, 9.17) is 4.74 Å². The molecule has 4 nitrogen and oxygen atoms in total. The molecule has 23 heavy (non-hydrogen) atoms. The van der Waals surface area contributed by atoms with Crippen molar-refractivity contribution in [1.29, 1.82) is 0 Å². The Balaban J connectivity index is 2.10. The van der Waals surface area contributed by atoms with Crippen LogP contribution in [0.25, 0.3) is 5.52 Å². The number of rotatable bonds is 5. The number of ketones is 1. The van der Waals surface area contributed by atoms with Gasteiger partial charge in [-0.05, 0) is 42.5 Å². The van der Waals surface area contributed by atoms with Crippen molar-refractivity contribution in [2.75, 3.05) is 7.11 Å². The van der Waals surface area contributed by atoms with Gasteiger partial charge in [0.15, 0.2) is 0 Å². The molecule has 0 unspecified atom stereocenters. The lowest BCUT2D eigenvalue weighted by molar-refractivity contribution is -0.140. The predicted octanol–water partition coefficient (Wildman–Crippen LogP) is 3.65. The third kappa shape index (κ3) is 2.80. The minimum Gasteiger partial charge on any atom is -0.469 e. The molecule has 3 rings (SSSR count). The number of carbonyl (C=O) groups excluding carboxylic acids is 2. The highest BCUT2D eigenvalue weighted by molar-refractivity contribution is 7.12. The summed E-state index contributed by atoms with van der Waals surface area (Å²) in [5.41, 5.74) is 3.50. The molecular weight excluding hydrogens is 310 g/mol. The van der Waals surface area contributed by atoms with Crippen molar-refractivity contribution in [2.24, 2.45) is 0 Å². The van der Waals surface area contributed by atoms with Crippen molar-refractivity contribution >= 4 is 28.6 Å². The largest absolute Gasteiger partial charge is 0.469 e. The van der Waals surface area contributed by atoms with Crippen LogP contribution in [0.1, 0.15) is 32.9 Å². The zero-order chi connectivity index (χ0) is 16.4. The summed E-state index contributed by atoms with van der Waals surface area (Å²) in [6.07, 6.45) is 2.77. The molecule has 0 saturated carbocycles. The molecule has 0 bridgehead atoms. The molecule has 0 fully saturated rings. The van der Waals surface area contributed by atoms with Crippen LogP contribution in [0.15, 0.2) is 41.9 Å². The number of pyridine rings is 1. The second kappa shape index (κ2) is 6.38. The summed E-state index contributed by atoms with van der Waals surface area (Å²) in [5, 5.41) is 1.90. The van der Waals surface area contributed by atoms with Gasteiger partial charge in [0.25, 0.3) is 0 Å². The maximum Gasteiger partial charge on any atom is 0.305 e. The van der Waals surface area contributed by atoms with Gasteiger partial charge in [-0.1, -0.05) is 12.1 Å². The zero-order valence-electron chi connectivity index (χ0n) is 13.0. The topological polar surface area (TPSA) is 47.8 Å². The lowest BCUT2D eigenvalue weighted by Gasteiger charge is -2.03. The summed E-state index contributed by atoms with van der Waals surface area (Å²) >= 11 is 1.44. The van der Waals surface area contributed by atoms with Crippen molar-refractivity contribution in [3.8, 4) is 0 Å². The molecule has 118 valence electrons. The molecule has 0 amide bonds. The zero-order valence-corrected chi connectivity index (χ0v) is 13.9. The first-order chi connectivity index (χ1) is 11.1. The van der Waals surface area contributed by atoms with Crippen molar-refractivity contribution in [3.63, 3.8) is 0 Å². The van der Waals surface area contributed by atoms with E-state index in [1.54, 1.807) is 0 Å². The smallest absolute Gasteiger partial charge is 0.305 e. The fraction of sp³-hybridized carbons (Fsp3) is 0.222. The van der Waals surface area contributed by atoms with Gasteiger partial charge in [0, 0.05) is 11.9 Å². The van der Waals surface area contributed by atoms with E-state index in [0.717, 1.165) is 21.7 Å². The molecule has 0 saturated heterocycles. The first-order valence-electron chi connectivity index (χ1n) is 7.37. The van der Waals surface area contributed by atoms with Gasteiger partial charge in [0.2, 0.25) is 5.78 Å². The molecule has 0 radical (unpaired) electrons. The summed E-state index contributed by atoms with van der Waals surface area (Å²) in [6, 6.07) is 9.50. The minimum absolute atomic E-state index is 0.0329. The Hall–Kier alpha value is -2.40. The third-order valence-corrected chi connectivity index (χ3v) is 4.85. The number of thiophene rings is 1. The number of fused-ring (bicyclic) bond motifs is 1. The number of hydrogen-bond acceptors (Lipinski definition) is 4. The van der Waals surface area contributed by atoms with Crippen LogP contribution in [0.3, 0.4) is 0 Å². The number of hydrogen-bond donors (Lipinski definition) is 0. The quantitative estimate of drug-likeness (QED) is 0.531. The molecule has 3 aromatic rings. The number of esters is 1. The molecular formula is C18H17NO3S. The average Bonchev–Trinajstić information content (AvgIpc) is 3.18. The van der Waals surface area contributed by atoms with Crippen LogP contribution in [-0.2, 0) is 16.0 Å². The molecule has 0 aliphatic heterocycles. The average molecular weight is 327 g/mol. The highest BCUT2D eigenvalue weighted by Gasteiger charge is 2.22. The first-order valence-corrected chi connectivity index (χ1v) is 8.25. The molecule has 0 N–H and O–H groups in total. The van der Waals surface area contributed by atoms with Gasteiger partial charge >= 0.3 is 5.97 Å². The summed E-state index contributed by atoms with van der Waals surface area (Å²) in [7, 11) is 1.39. The second-order valence-electron chi connectivity index (χ2n) is 5.29. The summed E-state index contributed by atoms with van der Waals surface area (Å²) in [4.78, 5) is 25.0. The van der Waals surface area contributed by atoms with Crippen LogP contribution >= 0.6 is 11.3 Å². The van der Waals surface area contributed by atoms with Crippen molar-refractivity contribution in [3.05, 3.63) is 63.6 Å². The van der Waals surface area contributed by atoms with Crippen LogP contribution in [0.5, 0.6) is 0 Å². The molecule has 5 heteroatoms. The third-order valence-electron chi connectivity index (χ3n) is 3.98. The summed E-state index contributed by atoms with van der Waals surface area (Å²) < 4.78 is 6.72. The Labute approximate surface area is 138 Å². The van der Waals surface area contributed by atoms with E-state index in [-0.39, 0.29) is 11.8 Å². The molecule has 0 aliphatic rings. The molecule has 0 spiro atoms. The summed E-state index contributed by atoms with van der Waals surface area (Å²) in [5.74, 6) is -0.216. The molecule has 3 heterocycles. The standard InChI is InChI=1S/C18H17NO3S/c1-12-13(8-9-16(20)22-2)19-10-4-3-6-14(19)17(12)18(21)15-7-5-11-23-15/h3-7,10-11H,8-9H2,1-2H3. The van der Waals surface area contributed by atoms with Crippen LogP contribution in [-0.4, -0.2) is 23.3 Å². The summed E-state index contributed by atoms with van der Waals surface area (Å²) in [6.45, 7) is 1.94. The highest BCUT2D eigenvalue weighted by atomic mass is 32.1. The fourth-order valence-electron chi connectivity index (χ4n) is 2.85. The Morgan fingerprint density at radius 1 is 1.22 bits per heavy atom. The lowest BCUT2D eigenvalue weighted by Crippen LogP contribution is -2.04. The molecule has 0 aromatic carbocycles. The Morgan fingerprint density at radius 2 is 2.04 bits per heavy atom. The van der Waals surface area contributed by atoms with Gasteiger partial charge in [-0.15, -0.1) is 11.3 Å². The normalized spacial score (nSPS) is 10.9. The second-order valence-corrected chi connectivity index (χ2v) is 6.23. The predicted molar refractivity (Wildman–Crippen MR) is 90.2 cm³/mol. The van der Waals surface area contributed by atoms with Crippen molar-refractivity contribution in [1.82, 2.24) is 4.40 Å². The van der Waals surface area contributed by atoms with Gasteiger partial charge in [-0.2, -0.15) is 0 Å². The number of aromatic nitrogens is 1. The van der Waals surface area contributed by atoms with Gasteiger partial charge in [0.05, 0.1) is 29.5 Å². The van der Waals surface area contributed by atoms with Crippen molar-refractivity contribution < 1.29 is 14.3 Å².